The van der Waals surface area contributed by atoms with Crippen molar-refractivity contribution in [3.8, 4) is 0 Å². The average molecular weight is 296 g/mol. The SMILES string of the molecule is Fc1cnc(Nc2c[nH]c3cncc(F)c23)c2ccccc12. The first-order valence-corrected chi connectivity index (χ1v) is 6.65. The molecule has 0 aliphatic carbocycles. The third kappa shape index (κ3) is 1.88. The minimum Gasteiger partial charge on any atom is -0.358 e. The molecule has 108 valence electrons. The van der Waals surface area contributed by atoms with Crippen LogP contribution in [0.15, 0.2) is 49.1 Å². The summed E-state index contributed by atoms with van der Waals surface area (Å²) in [5, 5.41) is 4.55. The highest BCUT2D eigenvalue weighted by Crippen LogP contribution is 2.30. The quantitative estimate of drug-likeness (QED) is 0.584. The number of nitrogens with one attached hydrogen (secondary N) is 2. The van der Waals surface area contributed by atoms with E-state index in [1.165, 1.54) is 0 Å². The highest BCUT2D eigenvalue weighted by atomic mass is 19.1. The van der Waals surface area contributed by atoms with Gasteiger partial charge in [-0.15, -0.1) is 0 Å². The molecule has 2 N–H and O–H groups in total. The number of fused-ring (bicyclic) bond motifs is 2. The number of anilines is 2. The molecule has 0 bridgehead atoms. The van der Waals surface area contributed by atoms with Crippen molar-refractivity contribution in [3.05, 3.63) is 60.7 Å². The molecule has 0 amide bonds. The zero-order valence-electron chi connectivity index (χ0n) is 11.3. The number of aromatic nitrogens is 3. The number of rotatable bonds is 2. The Morgan fingerprint density at radius 1 is 0.955 bits per heavy atom. The second kappa shape index (κ2) is 4.77. The van der Waals surface area contributed by atoms with Crippen LogP contribution in [0, 0.1) is 11.6 Å². The van der Waals surface area contributed by atoms with Gasteiger partial charge in [-0.3, -0.25) is 4.98 Å². The van der Waals surface area contributed by atoms with Crippen LogP contribution < -0.4 is 5.32 Å². The van der Waals surface area contributed by atoms with Crippen LogP contribution in [0.25, 0.3) is 21.7 Å². The first-order chi connectivity index (χ1) is 10.7. The Balaban J connectivity index is 1.88. The van der Waals surface area contributed by atoms with Gasteiger partial charge in [-0.25, -0.2) is 13.8 Å². The van der Waals surface area contributed by atoms with E-state index in [0.717, 1.165) is 12.4 Å². The number of pyridine rings is 2. The van der Waals surface area contributed by atoms with E-state index >= 15 is 0 Å². The zero-order chi connectivity index (χ0) is 15.1. The summed E-state index contributed by atoms with van der Waals surface area (Å²) in [5.74, 6) is -0.364. The van der Waals surface area contributed by atoms with Gasteiger partial charge in [-0.1, -0.05) is 24.3 Å². The lowest BCUT2D eigenvalue weighted by Gasteiger charge is -2.08. The van der Waals surface area contributed by atoms with Gasteiger partial charge in [0.2, 0.25) is 0 Å². The first-order valence-electron chi connectivity index (χ1n) is 6.65. The van der Waals surface area contributed by atoms with Gasteiger partial charge in [0.05, 0.1) is 35.2 Å². The molecule has 6 heteroatoms. The van der Waals surface area contributed by atoms with Crippen LogP contribution in [0.3, 0.4) is 0 Å². The summed E-state index contributed by atoms with van der Waals surface area (Å²) in [7, 11) is 0. The molecule has 0 atom stereocenters. The second-order valence-electron chi connectivity index (χ2n) is 4.87. The minimum atomic E-state index is -0.437. The molecular weight excluding hydrogens is 286 g/mol. The van der Waals surface area contributed by atoms with Crippen LogP contribution in [0.5, 0.6) is 0 Å². The van der Waals surface area contributed by atoms with Crippen LogP contribution in [0.4, 0.5) is 20.3 Å². The lowest BCUT2D eigenvalue weighted by molar-refractivity contribution is 0.633. The third-order valence-electron chi connectivity index (χ3n) is 3.54. The molecular formula is C16H10F2N4. The Morgan fingerprint density at radius 3 is 2.64 bits per heavy atom. The van der Waals surface area contributed by atoms with E-state index in [0.29, 0.717) is 33.2 Å². The van der Waals surface area contributed by atoms with Gasteiger partial charge in [0.25, 0.3) is 0 Å². The van der Waals surface area contributed by atoms with Crippen LogP contribution in [0.1, 0.15) is 0 Å². The van der Waals surface area contributed by atoms with Crippen molar-refractivity contribution >= 4 is 33.2 Å². The number of hydrogen-bond acceptors (Lipinski definition) is 3. The van der Waals surface area contributed by atoms with E-state index in [2.05, 4.69) is 20.3 Å². The Bertz CT molecular complexity index is 994. The van der Waals surface area contributed by atoms with E-state index in [1.54, 1.807) is 36.7 Å². The largest absolute Gasteiger partial charge is 0.358 e. The van der Waals surface area contributed by atoms with Gasteiger partial charge in [0.15, 0.2) is 5.82 Å². The fourth-order valence-corrected chi connectivity index (χ4v) is 2.52. The number of benzene rings is 1. The molecule has 4 nitrogen and oxygen atoms in total. The van der Waals surface area contributed by atoms with Crippen LogP contribution in [0.2, 0.25) is 0 Å². The van der Waals surface area contributed by atoms with E-state index in [9.17, 15) is 8.78 Å². The monoisotopic (exact) mass is 296 g/mol. The minimum absolute atomic E-state index is 0.393. The smallest absolute Gasteiger partial charge is 0.152 e. The molecule has 0 saturated heterocycles. The topological polar surface area (TPSA) is 53.6 Å². The van der Waals surface area contributed by atoms with Crippen molar-refractivity contribution in [1.29, 1.82) is 0 Å². The van der Waals surface area contributed by atoms with Crippen LogP contribution in [-0.4, -0.2) is 15.0 Å². The number of hydrogen-bond donors (Lipinski definition) is 2. The van der Waals surface area contributed by atoms with E-state index in [-0.39, 0.29) is 0 Å². The predicted octanol–water partition coefficient (Wildman–Crippen LogP) is 4.13. The third-order valence-corrected chi connectivity index (χ3v) is 3.54. The Labute approximate surface area is 123 Å². The molecule has 4 rings (SSSR count). The molecule has 3 aromatic heterocycles. The van der Waals surface area contributed by atoms with Crippen molar-refractivity contribution in [1.82, 2.24) is 15.0 Å². The number of nitrogens with zero attached hydrogens (tertiary/aromatic N) is 2. The van der Waals surface area contributed by atoms with Gasteiger partial charge in [0, 0.05) is 17.0 Å². The molecule has 1 aromatic carbocycles. The highest BCUT2D eigenvalue weighted by Gasteiger charge is 2.12. The number of aromatic amines is 1. The molecule has 0 unspecified atom stereocenters. The fourth-order valence-electron chi connectivity index (χ4n) is 2.52. The fraction of sp³-hybridized carbons (Fsp3) is 0. The maximum absolute atomic E-state index is 14.0. The number of H-pyrrole nitrogens is 1. The zero-order valence-corrected chi connectivity index (χ0v) is 11.3. The lowest BCUT2D eigenvalue weighted by Crippen LogP contribution is -1.96. The van der Waals surface area contributed by atoms with Crippen molar-refractivity contribution in [2.75, 3.05) is 5.32 Å². The van der Waals surface area contributed by atoms with Gasteiger partial charge >= 0.3 is 0 Å². The van der Waals surface area contributed by atoms with Gasteiger partial charge in [-0.2, -0.15) is 0 Å². The predicted molar refractivity (Wildman–Crippen MR) is 81.0 cm³/mol. The lowest BCUT2D eigenvalue weighted by atomic mass is 10.1. The molecule has 0 saturated carbocycles. The molecule has 4 aromatic rings. The molecule has 0 spiro atoms. The van der Waals surface area contributed by atoms with Crippen LogP contribution in [-0.2, 0) is 0 Å². The normalized spacial score (nSPS) is 11.2. The van der Waals surface area contributed by atoms with E-state index in [4.69, 9.17) is 0 Å². The van der Waals surface area contributed by atoms with Gasteiger partial charge in [-0.05, 0) is 0 Å². The van der Waals surface area contributed by atoms with E-state index in [1.807, 2.05) is 0 Å². The van der Waals surface area contributed by atoms with E-state index < -0.39 is 11.6 Å². The maximum atomic E-state index is 14.0. The molecule has 3 heterocycles. The Morgan fingerprint density at radius 2 is 1.77 bits per heavy atom. The molecule has 0 fully saturated rings. The van der Waals surface area contributed by atoms with Crippen molar-refractivity contribution < 1.29 is 8.78 Å². The molecule has 0 aliphatic rings. The summed E-state index contributed by atoms with van der Waals surface area (Å²) in [4.78, 5) is 10.8. The second-order valence-corrected chi connectivity index (χ2v) is 4.87. The summed E-state index contributed by atoms with van der Waals surface area (Å²) >= 11 is 0. The summed E-state index contributed by atoms with van der Waals surface area (Å²) in [6.45, 7) is 0. The average Bonchev–Trinajstić information content (AvgIpc) is 2.95. The molecule has 22 heavy (non-hydrogen) atoms. The summed E-state index contributed by atoms with van der Waals surface area (Å²) in [6.07, 6.45) is 5.48. The summed E-state index contributed by atoms with van der Waals surface area (Å²) in [6, 6.07) is 7.00. The standard InChI is InChI=1S/C16H10F2N4/c17-11-6-21-16(10-4-2-1-3-9(10)11)22-14-8-20-13-7-19-5-12(18)15(13)14/h1-8,20H,(H,21,22). The summed E-state index contributed by atoms with van der Waals surface area (Å²) < 4.78 is 27.8. The maximum Gasteiger partial charge on any atom is 0.152 e. The van der Waals surface area contributed by atoms with Crippen molar-refractivity contribution in [2.45, 2.75) is 0 Å². The Kier molecular flexibility index (Phi) is 2.75. The van der Waals surface area contributed by atoms with Crippen molar-refractivity contribution in [2.24, 2.45) is 0 Å². The van der Waals surface area contributed by atoms with Crippen molar-refractivity contribution in [3.63, 3.8) is 0 Å². The molecule has 0 radical (unpaired) electrons. The summed E-state index contributed by atoms with van der Waals surface area (Å²) in [5.41, 5.74) is 1.10. The molecule has 0 aliphatic heterocycles. The Hall–Kier alpha value is -3.02. The van der Waals surface area contributed by atoms with Gasteiger partial charge in [0.1, 0.15) is 11.6 Å². The number of halogens is 2. The van der Waals surface area contributed by atoms with Gasteiger partial charge < -0.3 is 10.3 Å². The van der Waals surface area contributed by atoms with Crippen LogP contribution >= 0.6 is 0 Å². The first kappa shape index (κ1) is 12.7. The highest BCUT2D eigenvalue weighted by molar-refractivity contribution is 5.98.